The van der Waals surface area contributed by atoms with Crippen LogP contribution in [0.2, 0.25) is 6.04 Å². The van der Waals surface area contributed by atoms with Crippen molar-refractivity contribution < 1.29 is 13.3 Å². The van der Waals surface area contributed by atoms with E-state index >= 15 is 0 Å². The summed E-state index contributed by atoms with van der Waals surface area (Å²) in [7, 11) is -2.43. The molecule has 0 N–H and O–H groups in total. The molecule has 3 nitrogen and oxygen atoms in total. The van der Waals surface area contributed by atoms with Crippen LogP contribution in [0, 0.1) is 0 Å². The number of rotatable bonds is 12. The Kier molecular flexibility index (Phi) is 11.8. The van der Waals surface area contributed by atoms with Gasteiger partial charge in [0.15, 0.2) is 0 Å². The molecule has 0 unspecified atom stereocenters. The summed E-state index contributed by atoms with van der Waals surface area (Å²) in [5.41, 5.74) is 0. The van der Waals surface area contributed by atoms with Crippen LogP contribution in [-0.2, 0) is 13.3 Å². The molecule has 0 saturated heterocycles. The molecule has 0 amide bonds. The number of hydrogen-bond acceptors (Lipinski definition) is 4. The summed E-state index contributed by atoms with van der Waals surface area (Å²) in [5.74, 6) is 0.856. The SMILES string of the molecule is CCCO[Si](CCCS)(OCCC)OCCC. The molecule has 0 spiro atoms. The van der Waals surface area contributed by atoms with Crippen molar-refractivity contribution in [3.63, 3.8) is 0 Å². The Labute approximate surface area is 113 Å². The van der Waals surface area contributed by atoms with Gasteiger partial charge in [0.25, 0.3) is 0 Å². The third-order valence-electron chi connectivity index (χ3n) is 2.22. The molecule has 0 rings (SSSR count). The monoisotopic (exact) mass is 280 g/mol. The minimum absolute atomic E-state index is 0.728. The Morgan fingerprint density at radius 3 is 1.53 bits per heavy atom. The molecule has 0 aliphatic carbocycles. The highest BCUT2D eigenvalue weighted by atomic mass is 32.1. The van der Waals surface area contributed by atoms with Crippen LogP contribution in [0.5, 0.6) is 0 Å². The summed E-state index contributed by atoms with van der Waals surface area (Å²) in [5, 5.41) is 0. The fourth-order valence-corrected chi connectivity index (χ4v) is 4.70. The Bertz CT molecular complexity index is 132. The van der Waals surface area contributed by atoms with Gasteiger partial charge in [-0.3, -0.25) is 0 Å². The van der Waals surface area contributed by atoms with Gasteiger partial charge in [-0.1, -0.05) is 20.8 Å². The van der Waals surface area contributed by atoms with E-state index in [0.717, 1.165) is 57.3 Å². The summed E-state index contributed by atoms with van der Waals surface area (Å²) in [6, 6.07) is 0.885. The molecule has 0 saturated carbocycles. The molecule has 0 aromatic heterocycles. The highest BCUT2D eigenvalue weighted by Gasteiger charge is 2.40. The summed E-state index contributed by atoms with van der Waals surface area (Å²) < 4.78 is 17.8. The van der Waals surface area contributed by atoms with Gasteiger partial charge in [0.05, 0.1) is 0 Å². The number of thiol groups is 1. The highest BCUT2D eigenvalue weighted by molar-refractivity contribution is 7.80. The third kappa shape index (κ3) is 8.21. The van der Waals surface area contributed by atoms with E-state index in [2.05, 4.69) is 33.4 Å². The highest BCUT2D eigenvalue weighted by Crippen LogP contribution is 2.19. The third-order valence-corrected chi connectivity index (χ3v) is 5.43. The van der Waals surface area contributed by atoms with Crippen LogP contribution in [0.3, 0.4) is 0 Å². The van der Waals surface area contributed by atoms with Crippen LogP contribution < -0.4 is 0 Å². The normalized spacial score (nSPS) is 12.0. The molecule has 0 fully saturated rings. The maximum atomic E-state index is 5.95. The molecule has 0 aromatic rings. The first-order valence-electron chi connectivity index (χ1n) is 6.77. The lowest BCUT2D eigenvalue weighted by molar-refractivity contribution is 0.0591. The van der Waals surface area contributed by atoms with Crippen molar-refractivity contribution in [1.82, 2.24) is 0 Å². The number of hydrogen-bond donors (Lipinski definition) is 1. The zero-order valence-corrected chi connectivity index (χ0v) is 13.4. The van der Waals surface area contributed by atoms with Gasteiger partial charge in [-0.25, -0.2) is 0 Å². The van der Waals surface area contributed by atoms with Gasteiger partial charge < -0.3 is 13.3 Å². The zero-order valence-electron chi connectivity index (χ0n) is 11.5. The van der Waals surface area contributed by atoms with Crippen LogP contribution in [-0.4, -0.2) is 34.4 Å². The summed E-state index contributed by atoms with van der Waals surface area (Å²) >= 11 is 4.26. The first-order chi connectivity index (χ1) is 8.24. The molecule has 0 aromatic carbocycles. The van der Waals surface area contributed by atoms with Gasteiger partial charge in [0, 0.05) is 25.9 Å². The molecule has 0 heterocycles. The van der Waals surface area contributed by atoms with E-state index in [-0.39, 0.29) is 0 Å². The van der Waals surface area contributed by atoms with Crippen molar-refractivity contribution in [3.8, 4) is 0 Å². The van der Waals surface area contributed by atoms with E-state index in [1.165, 1.54) is 0 Å². The topological polar surface area (TPSA) is 27.7 Å². The van der Waals surface area contributed by atoms with Gasteiger partial charge >= 0.3 is 8.80 Å². The fraction of sp³-hybridized carbons (Fsp3) is 1.00. The summed E-state index contributed by atoms with van der Waals surface area (Å²) in [4.78, 5) is 0. The fourth-order valence-electron chi connectivity index (χ4n) is 1.41. The second kappa shape index (κ2) is 11.5. The maximum Gasteiger partial charge on any atom is 0.500 e. The first-order valence-corrected chi connectivity index (χ1v) is 9.33. The van der Waals surface area contributed by atoms with E-state index in [4.69, 9.17) is 13.3 Å². The largest absolute Gasteiger partial charge is 0.500 e. The Morgan fingerprint density at radius 1 is 0.824 bits per heavy atom. The second-order valence-corrected chi connectivity index (χ2v) is 7.23. The summed E-state index contributed by atoms with van der Waals surface area (Å²) in [6.45, 7) is 8.51. The molecule has 0 aliphatic rings. The van der Waals surface area contributed by atoms with E-state index in [0.29, 0.717) is 0 Å². The van der Waals surface area contributed by atoms with E-state index < -0.39 is 8.80 Å². The van der Waals surface area contributed by atoms with Crippen molar-refractivity contribution >= 4 is 21.4 Å². The average Bonchev–Trinajstić information content (AvgIpc) is 2.37. The molecule has 0 atom stereocenters. The Hall–Kier alpha value is 0.447. The molecular weight excluding hydrogens is 252 g/mol. The summed E-state index contributed by atoms with van der Waals surface area (Å²) in [6.07, 6.45) is 3.99. The average molecular weight is 281 g/mol. The van der Waals surface area contributed by atoms with Crippen LogP contribution >= 0.6 is 12.6 Å². The predicted molar refractivity (Wildman–Crippen MR) is 77.8 cm³/mol. The van der Waals surface area contributed by atoms with Gasteiger partial charge in [-0.2, -0.15) is 12.6 Å². The van der Waals surface area contributed by atoms with Crippen molar-refractivity contribution in [1.29, 1.82) is 0 Å². The second-order valence-electron chi connectivity index (χ2n) is 4.06. The van der Waals surface area contributed by atoms with Crippen molar-refractivity contribution in [2.75, 3.05) is 25.6 Å². The van der Waals surface area contributed by atoms with Crippen LogP contribution in [0.1, 0.15) is 46.5 Å². The Balaban J connectivity index is 4.39. The molecule has 0 aliphatic heterocycles. The molecule has 0 radical (unpaired) electrons. The molecule has 0 bridgehead atoms. The van der Waals surface area contributed by atoms with Gasteiger partial charge in [0.2, 0.25) is 0 Å². The van der Waals surface area contributed by atoms with E-state index in [1.807, 2.05) is 0 Å². The molecule has 104 valence electrons. The Morgan fingerprint density at radius 2 is 1.24 bits per heavy atom. The zero-order chi connectivity index (χ0) is 13.0. The van der Waals surface area contributed by atoms with Crippen molar-refractivity contribution in [2.45, 2.75) is 52.5 Å². The lowest BCUT2D eigenvalue weighted by atomic mass is 10.5. The van der Waals surface area contributed by atoms with Crippen molar-refractivity contribution in [2.24, 2.45) is 0 Å². The molecular formula is C12H28O3SSi. The van der Waals surface area contributed by atoms with Gasteiger partial charge in [0.1, 0.15) is 0 Å². The van der Waals surface area contributed by atoms with Crippen LogP contribution in [0.4, 0.5) is 0 Å². The quantitative estimate of drug-likeness (QED) is 0.438. The molecule has 17 heavy (non-hydrogen) atoms. The van der Waals surface area contributed by atoms with E-state index in [1.54, 1.807) is 0 Å². The minimum atomic E-state index is -2.43. The maximum absolute atomic E-state index is 5.95. The smallest absolute Gasteiger partial charge is 0.373 e. The van der Waals surface area contributed by atoms with Crippen LogP contribution in [0.15, 0.2) is 0 Å². The van der Waals surface area contributed by atoms with Gasteiger partial charge in [-0.15, -0.1) is 0 Å². The molecule has 5 heteroatoms. The lowest BCUT2D eigenvalue weighted by Gasteiger charge is -2.29. The minimum Gasteiger partial charge on any atom is -0.373 e. The lowest BCUT2D eigenvalue weighted by Crippen LogP contribution is -2.46. The predicted octanol–water partition coefficient (Wildman–Crippen LogP) is 3.53. The first kappa shape index (κ1) is 17.4. The van der Waals surface area contributed by atoms with Gasteiger partial charge in [-0.05, 0) is 31.4 Å². The van der Waals surface area contributed by atoms with E-state index in [9.17, 15) is 0 Å². The standard InChI is InChI=1S/C12H28O3SSi/c1-4-8-13-17(12-7-11-16,14-9-5-2)15-10-6-3/h16H,4-12H2,1-3H3. The van der Waals surface area contributed by atoms with Crippen molar-refractivity contribution in [3.05, 3.63) is 0 Å². The van der Waals surface area contributed by atoms with Crippen LogP contribution in [0.25, 0.3) is 0 Å².